The van der Waals surface area contributed by atoms with Crippen LogP contribution in [0.25, 0.3) is 10.2 Å². The molecule has 0 unspecified atom stereocenters. The lowest BCUT2D eigenvalue weighted by molar-refractivity contribution is -0.137. The molecular formula is C18H16N2O4S2. The summed E-state index contributed by atoms with van der Waals surface area (Å²) in [4.78, 5) is 19.8. The second-order valence-electron chi connectivity index (χ2n) is 5.39. The number of rotatable bonds is 6. The van der Waals surface area contributed by atoms with Crippen molar-refractivity contribution in [3.05, 3.63) is 59.5 Å². The first-order valence-corrected chi connectivity index (χ1v) is 9.49. The Kier molecular flexibility index (Phi) is 5.43. The highest BCUT2D eigenvalue weighted by Gasteiger charge is 2.26. The number of hydrogen-bond donors (Lipinski definition) is 2. The Hall–Kier alpha value is -2.58. The fraction of sp³-hybridized carbons (Fsp3) is 0.167. The van der Waals surface area contributed by atoms with Gasteiger partial charge in [0.1, 0.15) is 21.6 Å². The maximum atomic E-state index is 11.0. The molecule has 6 nitrogen and oxygen atoms in total. The van der Waals surface area contributed by atoms with Gasteiger partial charge in [0.25, 0.3) is 0 Å². The average Bonchev–Trinajstić information content (AvgIpc) is 3.25. The van der Waals surface area contributed by atoms with E-state index in [9.17, 15) is 9.90 Å². The molecule has 0 spiro atoms. The van der Waals surface area contributed by atoms with Gasteiger partial charge >= 0.3 is 5.97 Å². The summed E-state index contributed by atoms with van der Waals surface area (Å²) in [6.07, 6.45) is 4.68. The van der Waals surface area contributed by atoms with Crippen molar-refractivity contribution in [3.63, 3.8) is 0 Å². The molecule has 0 fully saturated rings. The Labute approximate surface area is 158 Å². The van der Waals surface area contributed by atoms with E-state index in [0.29, 0.717) is 27.3 Å². The van der Waals surface area contributed by atoms with E-state index in [1.165, 1.54) is 29.2 Å². The number of aromatic nitrogens is 1. The summed E-state index contributed by atoms with van der Waals surface area (Å²) in [5, 5.41) is 20.3. The summed E-state index contributed by atoms with van der Waals surface area (Å²) in [7, 11) is 0. The summed E-state index contributed by atoms with van der Waals surface area (Å²) in [5.74, 6) is 0.472. The highest BCUT2D eigenvalue weighted by molar-refractivity contribution is 8.15. The van der Waals surface area contributed by atoms with Crippen LogP contribution in [-0.4, -0.2) is 38.0 Å². The third-order valence-corrected chi connectivity index (χ3v) is 5.71. The van der Waals surface area contributed by atoms with Gasteiger partial charge in [-0.3, -0.25) is 4.99 Å². The largest absolute Gasteiger partial charge is 0.504 e. The molecule has 0 aliphatic carbocycles. The molecule has 1 atom stereocenters. The number of nitrogens with zero attached hydrogens (tertiary/aromatic N) is 2. The molecule has 0 bridgehead atoms. The Bertz CT molecular complexity index is 959. The molecule has 0 saturated heterocycles. The van der Waals surface area contributed by atoms with Crippen LogP contribution in [0.4, 0.5) is 0 Å². The van der Waals surface area contributed by atoms with Gasteiger partial charge in [-0.25, -0.2) is 9.78 Å². The van der Waals surface area contributed by atoms with Crippen LogP contribution in [0.3, 0.4) is 0 Å². The lowest BCUT2D eigenvalue weighted by atomic mass is 10.3. The molecule has 0 amide bonds. The van der Waals surface area contributed by atoms with Crippen molar-refractivity contribution >= 4 is 44.3 Å². The number of carboxylic acid groups (broad SMARTS) is 1. The van der Waals surface area contributed by atoms with E-state index in [0.717, 1.165) is 10.2 Å². The minimum absolute atomic E-state index is 0.0198. The molecular weight excluding hydrogens is 372 g/mol. The molecule has 8 heteroatoms. The van der Waals surface area contributed by atoms with Gasteiger partial charge in [-0.1, -0.05) is 18.7 Å². The molecule has 3 rings (SSSR count). The summed E-state index contributed by atoms with van der Waals surface area (Å²) >= 11 is 2.83. The van der Waals surface area contributed by atoms with Crippen molar-refractivity contribution in [2.75, 3.05) is 5.75 Å². The van der Waals surface area contributed by atoms with Gasteiger partial charge in [-0.2, -0.15) is 0 Å². The van der Waals surface area contributed by atoms with Gasteiger partial charge in [0, 0.05) is 11.8 Å². The second-order valence-corrected chi connectivity index (χ2v) is 7.43. The topological polar surface area (TPSA) is 92.0 Å². The van der Waals surface area contributed by atoms with Crippen molar-refractivity contribution < 1.29 is 19.7 Å². The first-order valence-electron chi connectivity index (χ1n) is 7.69. The highest BCUT2D eigenvalue weighted by Crippen LogP contribution is 2.32. The Balaban J connectivity index is 1.84. The van der Waals surface area contributed by atoms with Gasteiger partial charge in [-0.15, -0.1) is 23.1 Å². The number of fused-ring (bicyclic) bond motifs is 1. The molecule has 1 aromatic heterocycles. The van der Waals surface area contributed by atoms with Crippen LogP contribution in [0.2, 0.25) is 0 Å². The molecule has 0 saturated carbocycles. The molecule has 1 aliphatic heterocycles. The molecule has 134 valence electrons. The number of aliphatic hydroxyl groups is 1. The summed E-state index contributed by atoms with van der Waals surface area (Å²) < 4.78 is 6.57. The van der Waals surface area contributed by atoms with Crippen molar-refractivity contribution in [3.8, 4) is 5.75 Å². The van der Waals surface area contributed by atoms with Gasteiger partial charge < -0.3 is 14.9 Å². The van der Waals surface area contributed by atoms with Crippen LogP contribution >= 0.6 is 23.1 Å². The highest BCUT2D eigenvalue weighted by atomic mass is 32.2. The van der Waals surface area contributed by atoms with E-state index in [4.69, 9.17) is 9.84 Å². The van der Waals surface area contributed by atoms with Gasteiger partial charge in [0.05, 0.1) is 10.2 Å². The van der Waals surface area contributed by atoms with Crippen LogP contribution in [-0.2, 0) is 4.79 Å². The third kappa shape index (κ3) is 3.97. The summed E-state index contributed by atoms with van der Waals surface area (Å²) in [6, 6.07) is 4.71. The molecule has 1 aliphatic rings. The Morgan fingerprint density at radius 2 is 2.23 bits per heavy atom. The number of carboxylic acids is 1. The lowest BCUT2D eigenvalue weighted by Gasteiger charge is -2.06. The van der Waals surface area contributed by atoms with Crippen LogP contribution in [0, 0.1) is 0 Å². The van der Waals surface area contributed by atoms with Gasteiger partial charge in [-0.05, 0) is 25.1 Å². The van der Waals surface area contributed by atoms with Crippen LogP contribution in [0.15, 0.2) is 59.5 Å². The predicted octanol–water partition coefficient (Wildman–Crippen LogP) is 4.15. The van der Waals surface area contributed by atoms with Crippen LogP contribution in [0.1, 0.15) is 11.9 Å². The third-order valence-electron chi connectivity index (χ3n) is 3.50. The number of hydrogen-bond acceptors (Lipinski definition) is 7. The van der Waals surface area contributed by atoms with Gasteiger partial charge in [0.2, 0.25) is 0 Å². The smallest absolute Gasteiger partial charge is 0.329 e. The summed E-state index contributed by atoms with van der Waals surface area (Å²) in [5.41, 5.74) is 0.789. The summed E-state index contributed by atoms with van der Waals surface area (Å²) in [6.45, 7) is 5.22. The number of thiazole rings is 1. The van der Waals surface area contributed by atoms with Crippen molar-refractivity contribution in [2.24, 2.45) is 4.99 Å². The SMILES string of the molecule is C=C/C=C\C(O)=C(/C)Oc1ccc2nc(C3=N[C@@H](C(=O)O)CS3)sc2c1. The number of ether oxygens (including phenoxy) is 1. The molecule has 2 heterocycles. The maximum Gasteiger partial charge on any atom is 0.329 e. The second kappa shape index (κ2) is 7.76. The van der Waals surface area contributed by atoms with E-state index >= 15 is 0 Å². The number of aliphatic hydroxyl groups excluding tert-OH is 1. The number of allylic oxidation sites excluding steroid dienone is 4. The molecule has 0 radical (unpaired) electrons. The lowest BCUT2D eigenvalue weighted by Crippen LogP contribution is -2.17. The average molecular weight is 388 g/mol. The van der Waals surface area contributed by atoms with E-state index in [1.807, 2.05) is 12.1 Å². The number of benzene rings is 1. The van der Waals surface area contributed by atoms with Crippen LogP contribution < -0.4 is 4.74 Å². The Morgan fingerprint density at radius 3 is 2.92 bits per heavy atom. The van der Waals surface area contributed by atoms with Crippen LogP contribution in [0.5, 0.6) is 5.75 Å². The van der Waals surface area contributed by atoms with E-state index in [1.54, 1.807) is 25.1 Å². The van der Waals surface area contributed by atoms with Crippen molar-refractivity contribution in [2.45, 2.75) is 13.0 Å². The number of aliphatic imine (C=N–C) groups is 1. The molecule has 26 heavy (non-hydrogen) atoms. The Morgan fingerprint density at radius 1 is 1.42 bits per heavy atom. The normalized spacial score (nSPS) is 18.0. The number of thioether (sulfide) groups is 1. The minimum atomic E-state index is -0.920. The monoisotopic (exact) mass is 388 g/mol. The molecule has 1 aromatic carbocycles. The fourth-order valence-electron chi connectivity index (χ4n) is 2.18. The zero-order chi connectivity index (χ0) is 18.7. The maximum absolute atomic E-state index is 11.0. The zero-order valence-electron chi connectivity index (χ0n) is 13.9. The van der Waals surface area contributed by atoms with E-state index in [-0.39, 0.29) is 5.76 Å². The quantitative estimate of drug-likeness (QED) is 0.570. The minimum Gasteiger partial charge on any atom is -0.504 e. The number of carbonyl (C=O) groups is 1. The predicted molar refractivity (Wildman–Crippen MR) is 105 cm³/mol. The fourth-order valence-corrected chi connectivity index (χ4v) is 4.27. The molecule has 2 aromatic rings. The van der Waals surface area contributed by atoms with Gasteiger partial charge in [0.15, 0.2) is 11.8 Å². The number of aliphatic carboxylic acids is 1. The van der Waals surface area contributed by atoms with E-state index < -0.39 is 12.0 Å². The molecule has 2 N–H and O–H groups in total. The first kappa shape index (κ1) is 18.2. The van der Waals surface area contributed by atoms with Crippen molar-refractivity contribution in [1.82, 2.24) is 4.98 Å². The first-order chi connectivity index (χ1) is 12.5. The van der Waals surface area contributed by atoms with E-state index in [2.05, 4.69) is 16.6 Å². The zero-order valence-corrected chi connectivity index (χ0v) is 15.5. The van der Waals surface area contributed by atoms with Crippen molar-refractivity contribution in [1.29, 1.82) is 0 Å². The standard InChI is InChI=1S/C18H16N2O4S2/c1-3-4-5-14(21)10(2)24-11-6-7-12-15(8-11)26-17(19-12)16-20-13(9-25-16)18(22)23/h3-8,13,21H,1,9H2,2H3,(H,22,23)/b5-4-,14-10-/t13-/m1/s1.